The fourth-order valence-corrected chi connectivity index (χ4v) is 8.45. The van der Waals surface area contributed by atoms with E-state index in [9.17, 15) is 0 Å². The van der Waals surface area contributed by atoms with E-state index in [-0.39, 0.29) is 5.41 Å². The second-order valence-electron chi connectivity index (χ2n) is 14.2. The van der Waals surface area contributed by atoms with Crippen molar-refractivity contribution in [1.29, 1.82) is 0 Å². The number of aromatic nitrogens is 2. The highest BCUT2D eigenvalue weighted by molar-refractivity contribution is 6.06. The number of benzene rings is 8. The summed E-state index contributed by atoms with van der Waals surface area (Å²) in [7, 11) is 0. The van der Waals surface area contributed by atoms with Gasteiger partial charge in [0, 0.05) is 22.1 Å². The maximum Gasteiger partial charge on any atom is 0.161 e. The molecule has 0 fully saturated rings. The second kappa shape index (κ2) is 11.3. The van der Waals surface area contributed by atoms with Crippen molar-refractivity contribution in [2.75, 3.05) is 0 Å². The molecule has 9 aromatic rings. The van der Waals surface area contributed by atoms with Crippen molar-refractivity contribution in [3.05, 3.63) is 181 Å². The molecular weight excluding hydrogens is 617 g/mol. The van der Waals surface area contributed by atoms with Crippen molar-refractivity contribution in [3.63, 3.8) is 0 Å². The molecule has 0 atom stereocenters. The van der Waals surface area contributed by atoms with Gasteiger partial charge in [-0.25, -0.2) is 9.97 Å². The van der Waals surface area contributed by atoms with Crippen LogP contribution in [-0.4, -0.2) is 9.97 Å². The molecule has 1 heterocycles. The van der Waals surface area contributed by atoms with Crippen molar-refractivity contribution < 1.29 is 0 Å². The van der Waals surface area contributed by atoms with Crippen LogP contribution >= 0.6 is 0 Å². The third-order valence-corrected chi connectivity index (χ3v) is 10.9. The van der Waals surface area contributed by atoms with E-state index < -0.39 is 0 Å². The Bertz CT molecular complexity index is 2840. The van der Waals surface area contributed by atoms with Crippen LogP contribution in [0.5, 0.6) is 0 Å². The van der Waals surface area contributed by atoms with Gasteiger partial charge in [-0.3, -0.25) is 0 Å². The number of rotatable bonds is 4. The van der Waals surface area contributed by atoms with Crippen molar-refractivity contribution in [2.24, 2.45) is 0 Å². The highest BCUT2D eigenvalue weighted by Crippen LogP contribution is 2.53. The van der Waals surface area contributed by atoms with Gasteiger partial charge in [-0.05, 0) is 83.9 Å². The molecule has 240 valence electrons. The van der Waals surface area contributed by atoms with E-state index in [2.05, 4.69) is 184 Å². The van der Waals surface area contributed by atoms with E-state index >= 15 is 0 Å². The standard InChI is InChI=1S/C49H34N2/c1-49(2)44-24-10-9-20-39(44)42-23-12-22-41(47(42)49)38-27-28-43(37-19-8-7-18-36(37)38)48-50-45(34-26-25-31-13-3-4-15-33(31)29-34)30-46(51-48)40-21-11-16-32-14-5-6-17-35(32)40/h3-30H,1-2H3. The van der Waals surface area contributed by atoms with Crippen LogP contribution in [0.15, 0.2) is 170 Å². The van der Waals surface area contributed by atoms with Crippen LogP contribution < -0.4 is 0 Å². The fourth-order valence-electron chi connectivity index (χ4n) is 8.45. The Labute approximate surface area is 297 Å². The predicted octanol–water partition coefficient (Wildman–Crippen LogP) is 12.9. The van der Waals surface area contributed by atoms with Crippen LogP contribution in [0.4, 0.5) is 0 Å². The molecule has 2 heteroatoms. The molecule has 8 aromatic carbocycles. The summed E-state index contributed by atoms with van der Waals surface area (Å²) in [5.74, 6) is 0.720. The van der Waals surface area contributed by atoms with E-state index in [4.69, 9.17) is 9.97 Å². The first-order valence-electron chi connectivity index (χ1n) is 17.7. The van der Waals surface area contributed by atoms with Crippen LogP contribution in [0.3, 0.4) is 0 Å². The number of hydrogen-bond donors (Lipinski definition) is 0. The minimum atomic E-state index is -0.118. The molecule has 0 amide bonds. The molecule has 1 aliphatic carbocycles. The lowest BCUT2D eigenvalue weighted by Gasteiger charge is -2.25. The number of fused-ring (bicyclic) bond motifs is 6. The van der Waals surface area contributed by atoms with Crippen molar-refractivity contribution >= 4 is 32.3 Å². The molecule has 51 heavy (non-hydrogen) atoms. The zero-order chi connectivity index (χ0) is 34.1. The van der Waals surface area contributed by atoms with Crippen LogP contribution in [0.25, 0.3) is 88.5 Å². The molecule has 0 N–H and O–H groups in total. The van der Waals surface area contributed by atoms with E-state index in [0.29, 0.717) is 0 Å². The van der Waals surface area contributed by atoms with E-state index in [1.807, 2.05) is 0 Å². The summed E-state index contributed by atoms with van der Waals surface area (Å²) in [6, 6.07) is 61.2. The summed E-state index contributed by atoms with van der Waals surface area (Å²) in [4.78, 5) is 10.7. The Kier molecular flexibility index (Phi) is 6.56. The van der Waals surface area contributed by atoms with Gasteiger partial charge in [0.25, 0.3) is 0 Å². The van der Waals surface area contributed by atoms with Gasteiger partial charge >= 0.3 is 0 Å². The van der Waals surface area contributed by atoms with Gasteiger partial charge in [-0.1, -0.05) is 166 Å². The Balaban J connectivity index is 1.20. The number of hydrogen-bond acceptors (Lipinski definition) is 2. The van der Waals surface area contributed by atoms with E-state index in [1.165, 1.54) is 60.3 Å². The lowest BCUT2D eigenvalue weighted by Crippen LogP contribution is -2.16. The maximum absolute atomic E-state index is 5.36. The Morgan fingerprint density at radius 3 is 1.78 bits per heavy atom. The summed E-state index contributed by atoms with van der Waals surface area (Å²) < 4.78 is 0. The number of nitrogens with zero attached hydrogens (tertiary/aromatic N) is 2. The molecule has 10 rings (SSSR count). The van der Waals surface area contributed by atoms with E-state index in [0.717, 1.165) is 39.3 Å². The quantitative estimate of drug-likeness (QED) is 0.189. The molecule has 0 spiro atoms. The zero-order valence-corrected chi connectivity index (χ0v) is 28.6. The molecule has 0 unspecified atom stereocenters. The normalized spacial score (nSPS) is 13.1. The van der Waals surface area contributed by atoms with Crippen LogP contribution in [0.2, 0.25) is 0 Å². The summed E-state index contributed by atoms with van der Waals surface area (Å²) in [6.45, 7) is 4.72. The summed E-state index contributed by atoms with van der Waals surface area (Å²) in [6.07, 6.45) is 0. The first kappa shape index (κ1) is 29.5. The Hall–Kier alpha value is -6.38. The highest BCUT2D eigenvalue weighted by atomic mass is 14.9. The average molecular weight is 651 g/mol. The molecule has 1 aliphatic rings. The summed E-state index contributed by atoms with van der Waals surface area (Å²) >= 11 is 0. The summed E-state index contributed by atoms with van der Waals surface area (Å²) in [5, 5.41) is 7.11. The minimum Gasteiger partial charge on any atom is -0.228 e. The minimum absolute atomic E-state index is 0.118. The van der Waals surface area contributed by atoms with Crippen LogP contribution in [-0.2, 0) is 5.41 Å². The van der Waals surface area contributed by atoms with Gasteiger partial charge < -0.3 is 0 Å². The Morgan fingerprint density at radius 2 is 0.941 bits per heavy atom. The molecule has 2 nitrogen and oxygen atoms in total. The fraction of sp³-hybridized carbons (Fsp3) is 0.0612. The van der Waals surface area contributed by atoms with Crippen molar-refractivity contribution in [3.8, 4) is 56.2 Å². The lowest BCUT2D eigenvalue weighted by atomic mass is 9.78. The maximum atomic E-state index is 5.36. The predicted molar refractivity (Wildman–Crippen MR) is 214 cm³/mol. The summed E-state index contributed by atoms with van der Waals surface area (Å²) in [5.41, 5.74) is 12.8. The van der Waals surface area contributed by atoms with Gasteiger partial charge in [0.15, 0.2) is 5.82 Å². The molecule has 1 aromatic heterocycles. The monoisotopic (exact) mass is 650 g/mol. The zero-order valence-electron chi connectivity index (χ0n) is 28.6. The molecule has 0 radical (unpaired) electrons. The first-order chi connectivity index (χ1) is 25.0. The van der Waals surface area contributed by atoms with Gasteiger partial charge in [-0.15, -0.1) is 0 Å². The van der Waals surface area contributed by atoms with Gasteiger partial charge in [0.05, 0.1) is 11.4 Å². The van der Waals surface area contributed by atoms with Crippen molar-refractivity contribution in [1.82, 2.24) is 9.97 Å². The Morgan fingerprint density at radius 1 is 0.373 bits per heavy atom. The lowest BCUT2D eigenvalue weighted by molar-refractivity contribution is 0.662. The topological polar surface area (TPSA) is 25.8 Å². The third kappa shape index (κ3) is 4.64. The van der Waals surface area contributed by atoms with E-state index in [1.54, 1.807) is 0 Å². The van der Waals surface area contributed by atoms with Crippen LogP contribution in [0.1, 0.15) is 25.0 Å². The molecule has 0 aliphatic heterocycles. The first-order valence-corrected chi connectivity index (χ1v) is 17.7. The third-order valence-electron chi connectivity index (χ3n) is 10.9. The highest BCUT2D eigenvalue weighted by Gasteiger charge is 2.37. The largest absolute Gasteiger partial charge is 0.228 e. The molecule has 0 bridgehead atoms. The van der Waals surface area contributed by atoms with Crippen molar-refractivity contribution in [2.45, 2.75) is 19.3 Å². The molecular formula is C49H34N2. The molecule has 0 saturated heterocycles. The van der Waals surface area contributed by atoms with Gasteiger partial charge in [0.2, 0.25) is 0 Å². The molecule has 0 saturated carbocycles. The van der Waals surface area contributed by atoms with Gasteiger partial charge in [-0.2, -0.15) is 0 Å². The average Bonchev–Trinajstić information content (AvgIpc) is 3.43. The SMILES string of the molecule is CC1(C)c2ccccc2-c2cccc(-c3ccc(-c4nc(-c5ccc6ccccc6c5)cc(-c5cccc6ccccc56)n4)c4ccccc34)c21. The second-order valence-corrected chi connectivity index (χ2v) is 14.2. The smallest absolute Gasteiger partial charge is 0.161 e. The van der Waals surface area contributed by atoms with Crippen LogP contribution in [0, 0.1) is 0 Å². The van der Waals surface area contributed by atoms with Gasteiger partial charge in [0.1, 0.15) is 0 Å².